The summed E-state index contributed by atoms with van der Waals surface area (Å²) in [6.45, 7) is 4.07. The second kappa shape index (κ2) is 7.42. The van der Waals surface area contributed by atoms with Crippen LogP contribution >= 0.6 is 0 Å². The van der Waals surface area contributed by atoms with Crippen molar-refractivity contribution in [2.75, 3.05) is 0 Å². The standard InChI is InChI=1S/C24H20N2O/c1-17-9-11-23(25-15-17)19-5-3-7-21(13-19)27-22-8-4-6-20(14-22)24-12-10-18(2)16-26-24/h3-16H,1-2H3. The van der Waals surface area contributed by atoms with E-state index in [4.69, 9.17) is 4.74 Å². The monoisotopic (exact) mass is 352 g/mol. The average Bonchev–Trinajstić information content (AvgIpc) is 2.69. The highest BCUT2D eigenvalue weighted by atomic mass is 16.5. The average molecular weight is 352 g/mol. The summed E-state index contributed by atoms with van der Waals surface area (Å²) in [5, 5.41) is 0. The van der Waals surface area contributed by atoms with Gasteiger partial charge in [0.05, 0.1) is 11.4 Å². The van der Waals surface area contributed by atoms with Gasteiger partial charge in [0, 0.05) is 23.5 Å². The minimum absolute atomic E-state index is 0.781. The van der Waals surface area contributed by atoms with Crippen molar-refractivity contribution in [1.82, 2.24) is 9.97 Å². The Morgan fingerprint density at radius 3 is 1.48 bits per heavy atom. The Morgan fingerprint density at radius 1 is 0.593 bits per heavy atom. The molecule has 0 aliphatic heterocycles. The topological polar surface area (TPSA) is 35.0 Å². The van der Waals surface area contributed by atoms with Crippen LogP contribution < -0.4 is 4.74 Å². The summed E-state index contributed by atoms with van der Waals surface area (Å²) in [5.41, 5.74) is 6.22. The van der Waals surface area contributed by atoms with Crippen LogP contribution in [-0.4, -0.2) is 9.97 Å². The third kappa shape index (κ3) is 4.04. The van der Waals surface area contributed by atoms with Crippen LogP contribution in [0.1, 0.15) is 11.1 Å². The second-order valence-electron chi connectivity index (χ2n) is 6.60. The molecule has 0 bridgehead atoms. The Balaban J connectivity index is 1.59. The van der Waals surface area contributed by atoms with E-state index < -0.39 is 0 Å². The molecule has 0 unspecified atom stereocenters. The molecule has 132 valence electrons. The second-order valence-corrected chi connectivity index (χ2v) is 6.60. The number of hydrogen-bond donors (Lipinski definition) is 0. The molecule has 0 amide bonds. The fourth-order valence-corrected chi connectivity index (χ4v) is 2.85. The quantitative estimate of drug-likeness (QED) is 0.437. The highest BCUT2D eigenvalue weighted by molar-refractivity contribution is 5.63. The summed E-state index contributed by atoms with van der Waals surface area (Å²) in [5.74, 6) is 1.56. The number of ether oxygens (including phenoxy) is 1. The minimum atomic E-state index is 0.781. The summed E-state index contributed by atoms with van der Waals surface area (Å²) in [6, 6.07) is 24.1. The molecule has 0 saturated heterocycles. The lowest BCUT2D eigenvalue weighted by Crippen LogP contribution is -1.89. The normalized spacial score (nSPS) is 10.6. The van der Waals surface area contributed by atoms with Crippen molar-refractivity contribution in [2.45, 2.75) is 13.8 Å². The molecule has 3 heteroatoms. The summed E-state index contributed by atoms with van der Waals surface area (Å²) in [7, 11) is 0. The number of benzene rings is 2. The first kappa shape index (κ1) is 17.0. The number of nitrogens with zero attached hydrogens (tertiary/aromatic N) is 2. The van der Waals surface area contributed by atoms with Crippen LogP contribution in [0.25, 0.3) is 22.5 Å². The van der Waals surface area contributed by atoms with Crippen LogP contribution in [0, 0.1) is 13.8 Å². The minimum Gasteiger partial charge on any atom is -0.457 e. The van der Waals surface area contributed by atoms with E-state index in [0.29, 0.717) is 0 Å². The van der Waals surface area contributed by atoms with Gasteiger partial charge in [-0.25, -0.2) is 0 Å². The number of rotatable bonds is 4. The van der Waals surface area contributed by atoms with E-state index in [9.17, 15) is 0 Å². The summed E-state index contributed by atoms with van der Waals surface area (Å²) >= 11 is 0. The van der Waals surface area contributed by atoms with Crippen LogP contribution in [0.15, 0.2) is 85.2 Å². The smallest absolute Gasteiger partial charge is 0.128 e. The third-order valence-electron chi connectivity index (χ3n) is 4.32. The Labute approximate surface area is 159 Å². The molecule has 2 aromatic carbocycles. The van der Waals surface area contributed by atoms with Crippen molar-refractivity contribution in [1.29, 1.82) is 0 Å². The third-order valence-corrected chi connectivity index (χ3v) is 4.32. The SMILES string of the molecule is Cc1ccc(-c2cccc(Oc3cccc(-c4ccc(C)cn4)c3)c2)nc1. The van der Waals surface area contributed by atoms with Gasteiger partial charge in [-0.2, -0.15) is 0 Å². The molecule has 0 radical (unpaired) electrons. The zero-order valence-electron chi connectivity index (χ0n) is 15.4. The highest BCUT2D eigenvalue weighted by Crippen LogP contribution is 2.29. The van der Waals surface area contributed by atoms with Gasteiger partial charge in [-0.05, 0) is 61.4 Å². The molecule has 4 rings (SSSR count). The lowest BCUT2D eigenvalue weighted by Gasteiger charge is -2.09. The van der Waals surface area contributed by atoms with Gasteiger partial charge in [0.25, 0.3) is 0 Å². The molecular weight excluding hydrogens is 332 g/mol. The molecule has 2 aromatic heterocycles. The van der Waals surface area contributed by atoms with Gasteiger partial charge in [-0.15, -0.1) is 0 Å². The zero-order valence-corrected chi connectivity index (χ0v) is 15.4. The van der Waals surface area contributed by atoms with E-state index in [2.05, 4.69) is 22.1 Å². The molecule has 4 aromatic rings. The van der Waals surface area contributed by atoms with Crippen molar-refractivity contribution >= 4 is 0 Å². The Morgan fingerprint density at radius 2 is 1.07 bits per heavy atom. The van der Waals surface area contributed by atoms with E-state index in [1.165, 1.54) is 0 Å². The molecule has 27 heavy (non-hydrogen) atoms. The lowest BCUT2D eigenvalue weighted by atomic mass is 10.1. The van der Waals surface area contributed by atoms with Crippen LogP contribution in [0.3, 0.4) is 0 Å². The maximum absolute atomic E-state index is 6.09. The molecule has 3 nitrogen and oxygen atoms in total. The Kier molecular flexibility index (Phi) is 4.67. The summed E-state index contributed by atoms with van der Waals surface area (Å²) in [4.78, 5) is 8.99. The molecule has 2 heterocycles. The molecule has 0 atom stereocenters. The first-order valence-electron chi connectivity index (χ1n) is 8.91. The van der Waals surface area contributed by atoms with Crippen LogP contribution in [-0.2, 0) is 0 Å². The molecule has 0 spiro atoms. The van der Waals surface area contributed by atoms with Gasteiger partial charge in [0.15, 0.2) is 0 Å². The number of hydrogen-bond acceptors (Lipinski definition) is 3. The van der Waals surface area contributed by atoms with Gasteiger partial charge in [-0.1, -0.05) is 36.4 Å². The first-order chi connectivity index (χ1) is 13.2. The lowest BCUT2D eigenvalue weighted by molar-refractivity contribution is 0.483. The molecule has 0 saturated carbocycles. The highest BCUT2D eigenvalue weighted by Gasteiger charge is 2.05. The maximum atomic E-state index is 6.09. The Bertz CT molecular complexity index is 967. The van der Waals surface area contributed by atoms with E-state index in [-0.39, 0.29) is 0 Å². The van der Waals surface area contributed by atoms with Crippen LogP contribution in [0.5, 0.6) is 11.5 Å². The fourth-order valence-electron chi connectivity index (χ4n) is 2.85. The zero-order chi connectivity index (χ0) is 18.6. The molecule has 0 N–H and O–H groups in total. The number of aromatic nitrogens is 2. The van der Waals surface area contributed by atoms with Crippen molar-refractivity contribution < 1.29 is 4.74 Å². The predicted octanol–water partition coefficient (Wildman–Crippen LogP) is 6.22. The van der Waals surface area contributed by atoms with Crippen molar-refractivity contribution in [3.8, 4) is 34.0 Å². The Hall–Kier alpha value is -3.46. The van der Waals surface area contributed by atoms with Crippen LogP contribution in [0.2, 0.25) is 0 Å². The number of aryl methyl sites for hydroxylation is 2. The van der Waals surface area contributed by atoms with Crippen LogP contribution in [0.4, 0.5) is 0 Å². The van der Waals surface area contributed by atoms with Gasteiger partial charge >= 0.3 is 0 Å². The molecular formula is C24H20N2O. The predicted molar refractivity (Wildman–Crippen MR) is 109 cm³/mol. The van der Waals surface area contributed by atoms with Gasteiger partial charge < -0.3 is 4.74 Å². The van der Waals surface area contributed by atoms with Crippen molar-refractivity contribution in [3.05, 3.63) is 96.3 Å². The molecule has 0 aliphatic carbocycles. The van der Waals surface area contributed by atoms with Gasteiger partial charge in [-0.3, -0.25) is 9.97 Å². The van der Waals surface area contributed by atoms with E-state index in [1.807, 2.05) is 86.9 Å². The summed E-state index contributed by atoms with van der Waals surface area (Å²) < 4.78 is 6.09. The van der Waals surface area contributed by atoms with E-state index >= 15 is 0 Å². The van der Waals surface area contributed by atoms with E-state index in [1.54, 1.807) is 0 Å². The summed E-state index contributed by atoms with van der Waals surface area (Å²) in [6.07, 6.45) is 3.75. The maximum Gasteiger partial charge on any atom is 0.128 e. The first-order valence-corrected chi connectivity index (χ1v) is 8.91. The van der Waals surface area contributed by atoms with Gasteiger partial charge in [0.2, 0.25) is 0 Å². The van der Waals surface area contributed by atoms with E-state index in [0.717, 1.165) is 45.1 Å². The fraction of sp³-hybridized carbons (Fsp3) is 0.0833. The van der Waals surface area contributed by atoms with Gasteiger partial charge in [0.1, 0.15) is 11.5 Å². The molecule has 0 aliphatic rings. The largest absolute Gasteiger partial charge is 0.457 e. The van der Waals surface area contributed by atoms with Crippen molar-refractivity contribution in [3.63, 3.8) is 0 Å². The molecule has 0 fully saturated rings. The number of pyridine rings is 2. The van der Waals surface area contributed by atoms with Crippen molar-refractivity contribution in [2.24, 2.45) is 0 Å².